The molecule has 0 amide bonds. The van der Waals surface area contributed by atoms with Gasteiger partial charge in [0, 0.05) is 6.54 Å². The van der Waals surface area contributed by atoms with Gasteiger partial charge in [0.15, 0.2) is 0 Å². The Hall–Kier alpha value is -3.58. The molecule has 0 aliphatic carbocycles. The van der Waals surface area contributed by atoms with E-state index >= 15 is 0 Å². The third kappa shape index (κ3) is 5.66. The van der Waals surface area contributed by atoms with E-state index in [9.17, 15) is 4.39 Å². The van der Waals surface area contributed by atoms with Crippen molar-refractivity contribution in [2.75, 3.05) is 21.3 Å². The van der Waals surface area contributed by atoms with Crippen molar-refractivity contribution < 1.29 is 18.6 Å². The van der Waals surface area contributed by atoms with E-state index in [-0.39, 0.29) is 17.9 Å². The van der Waals surface area contributed by atoms with Crippen molar-refractivity contribution in [2.45, 2.75) is 25.7 Å². The first-order chi connectivity index (χ1) is 16.6. The van der Waals surface area contributed by atoms with E-state index in [4.69, 9.17) is 19.3 Å². The SMILES string of the molecule is COC1=NN(Cc2ccc(OC)cc2)C(NCc2ccc(F)cc2)C1Cc1ccc(OC)cc1. The maximum absolute atomic E-state index is 13.4. The molecule has 2 atom stereocenters. The van der Waals surface area contributed by atoms with Crippen molar-refractivity contribution >= 4 is 5.90 Å². The number of hydrogen-bond donors (Lipinski definition) is 1. The van der Waals surface area contributed by atoms with Crippen LogP contribution in [0.5, 0.6) is 11.5 Å². The number of hydrogen-bond acceptors (Lipinski definition) is 6. The highest BCUT2D eigenvalue weighted by atomic mass is 19.1. The number of ether oxygens (including phenoxy) is 3. The molecular formula is C27H30FN3O3. The van der Waals surface area contributed by atoms with Gasteiger partial charge in [-0.15, -0.1) is 5.10 Å². The molecule has 0 fully saturated rings. The second-order valence-electron chi connectivity index (χ2n) is 8.20. The van der Waals surface area contributed by atoms with Gasteiger partial charge in [0.05, 0.1) is 33.8 Å². The lowest BCUT2D eigenvalue weighted by molar-refractivity contribution is 0.155. The van der Waals surface area contributed by atoms with E-state index in [1.807, 2.05) is 41.4 Å². The van der Waals surface area contributed by atoms with Gasteiger partial charge < -0.3 is 14.2 Å². The fourth-order valence-corrected chi connectivity index (χ4v) is 4.14. The molecule has 3 aromatic carbocycles. The molecule has 4 rings (SSSR count). The molecule has 1 aliphatic rings. The van der Waals surface area contributed by atoms with Gasteiger partial charge in [-0.3, -0.25) is 10.3 Å². The van der Waals surface area contributed by atoms with Crippen LogP contribution in [0.3, 0.4) is 0 Å². The average molecular weight is 464 g/mol. The molecule has 34 heavy (non-hydrogen) atoms. The maximum atomic E-state index is 13.4. The van der Waals surface area contributed by atoms with Crippen molar-refractivity contribution in [2.24, 2.45) is 11.0 Å². The maximum Gasteiger partial charge on any atom is 0.212 e. The van der Waals surface area contributed by atoms with Crippen LogP contribution in [0.2, 0.25) is 0 Å². The van der Waals surface area contributed by atoms with E-state index in [1.54, 1.807) is 33.5 Å². The lowest BCUT2D eigenvalue weighted by atomic mass is 9.96. The molecule has 1 aliphatic heterocycles. The summed E-state index contributed by atoms with van der Waals surface area (Å²) in [6.07, 6.45) is 0.640. The third-order valence-corrected chi connectivity index (χ3v) is 6.00. The highest BCUT2D eigenvalue weighted by Crippen LogP contribution is 2.28. The first kappa shape index (κ1) is 23.6. The molecule has 1 N–H and O–H groups in total. The number of hydrazone groups is 1. The summed E-state index contributed by atoms with van der Waals surface area (Å²) in [5.74, 6) is 2.07. The minimum atomic E-state index is -0.242. The first-order valence-corrected chi connectivity index (χ1v) is 11.2. The molecule has 0 saturated carbocycles. The van der Waals surface area contributed by atoms with Crippen molar-refractivity contribution in [1.82, 2.24) is 10.3 Å². The molecule has 7 heteroatoms. The number of rotatable bonds is 9. The Morgan fingerprint density at radius 1 is 0.765 bits per heavy atom. The van der Waals surface area contributed by atoms with Crippen molar-refractivity contribution in [3.63, 3.8) is 0 Å². The smallest absolute Gasteiger partial charge is 0.212 e. The Morgan fingerprint density at radius 3 is 1.88 bits per heavy atom. The number of benzene rings is 3. The van der Waals surface area contributed by atoms with Gasteiger partial charge in [0.2, 0.25) is 5.90 Å². The standard InChI is InChI=1S/C27H30FN3O3/c1-32-23-12-6-19(7-13-23)16-25-26(29-17-20-4-10-22(28)11-5-20)31(30-27(25)34-3)18-21-8-14-24(33-2)15-9-21/h4-15,25-26,29H,16-18H2,1-3H3. The van der Waals surface area contributed by atoms with E-state index in [1.165, 1.54) is 12.1 Å². The summed E-state index contributed by atoms with van der Waals surface area (Å²) in [7, 11) is 4.98. The summed E-state index contributed by atoms with van der Waals surface area (Å²) in [5, 5.41) is 10.5. The Labute approximate surface area is 200 Å². The zero-order valence-corrected chi connectivity index (χ0v) is 19.7. The van der Waals surface area contributed by atoms with Gasteiger partial charge in [0.25, 0.3) is 0 Å². The Bertz CT molecular complexity index is 1090. The van der Waals surface area contributed by atoms with Gasteiger partial charge >= 0.3 is 0 Å². The third-order valence-electron chi connectivity index (χ3n) is 6.00. The van der Waals surface area contributed by atoms with Crippen LogP contribution in [0.25, 0.3) is 0 Å². The summed E-state index contributed by atoms with van der Waals surface area (Å²) in [5.41, 5.74) is 3.27. The summed E-state index contributed by atoms with van der Waals surface area (Å²) in [4.78, 5) is 0. The summed E-state index contributed by atoms with van der Waals surface area (Å²) in [6.45, 7) is 1.19. The molecular weight excluding hydrogens is 433 g/mol. The van der Waals surface area contributed by atoms with Gasteiger partial charge in [0.1, 0.15) is 23.5 Å². The van der Waals surface area contributed by atoms with Crippen LogP contribution >= 0.6 is 0 Å². The molecule has 0 aromatic heterocycles. The van der Waals surface area contributed by atoms with E-state index in [2.05, 4.69) is 17.4 Å². The Balaban J connectivity index is 1.56. The minimum absolute atomic E-state index is 0.00269. The molecule has 3 aromatic rings. The van der Waals surface area contributed by atoms with Crippen molar-refractivity contribution in [1.29, 1.82) is 0 Å². The molecule has 0 bridgehead atoms. The fraction of sp³-hybridized carbons (Fsp3) is 0.296. The van der Waals surface area contributed by atoms with Crippen molar-refractivity contribution in [3.05, 3.63) is 95.3 Å². The van der Waals surface area contributed by atoms with E-state index in [0.717, 1.165) is 34.6 Å². The summed E-state index contributed by atoms with van der Waals surface area (Å²) in [6, 6.07) is 22.6. The van der Waals surface area contributed by atoms with Crippen LogP contribution in [0, 0.1) is 11.7 Å². The van der Waals surface area contributed by atoms with E-state index < -0.39 is 0 Å². The predicted octanol–water partition coefficient (Wildman–Crippen LogP) is 4.59. The first-order valence-electron chi connectivity index (χ1n) is 11.2. The number of halogens is 1. The molecule has 1 heterocycles. The van der Waals surface area contributed by atoms with Crippen LogP contribution < -0.4 is 14.8 Å². The van der Waals surface area contributed by atoms with Gasteiger partial charge in [-0.1, -0.05) is 36.4 Å². The zero-order valence-electron chi connectivity index (χ0n) is 19.7. The second kappa shape index (κ2) is 11.0. The van der Waals surface area contributed by atoms with Crippen LogP contribution in [0.1, 0.15) is 16.7 Å². The molecule has 0 saturated heterocycles. The lowest BCUT2D eigenvalue weighted by Gasteiger charge is -2.29. The fourth-order valence-electron chi connectivity index (χ4n) is 4.14. The van der Waals surface area contributed by atoms with Gasteiger partial charge in [-0.2, -0.15) is 0 Å². The molecule has 0 spiro atoms. The lowest BCUT2D eigenvalue weighted by Crippen LogP contribution is -2.45. The molecule has 0 radical (unpaired) electrons. The van der Waals surface area contributed by atoms with Crippen LogP contribution in [-0.2, 0) is 24.2 Å². The number of methoxy groups -OCH3 is 3. The normalized spacial score (nSPS) is 17.4. The average Bonchev–Trinajstić information content (AvgIpc) is 3.20. The topological polar surface area (TPSA) is 55.3 Å². The highest BCUT2D eigenvalue weighted by molar-refractivity contribution is 5.81. The highest BCUT2D eigenvalue weighted by Gasteiger charge is 2.38. The van der Waals surface area contributed by atoms with Crippen LogP contribution in [-0.4, -0.2) is 38.4 Å². The molecule has 178 valence electrons. The summed E-state index contributed by atoms with van der Waals surface area (Å²) >= 11 is 0. The summed E-state index contributed by atoms with van der Waals surface area (Å²) < 4.78 is 29.7. The molecule has 2 unspecified atom stereocenters. The van der Waals surface area contributed by atoms with Gasteiger partial charge in [-0.25, -0.2) is 4.39 Å². The number of nitrogens with one attached hydrogen (secondary N) is 1. The van der Waals surface area contributed by atoms with Gasteiger partial charge in [-0.05, 0) is 59.5 Å². The Morgan fingerprint density at radius 2 is 1.32 bits per heavy atom. The predicted molar refractivity (Wildman–Crippen MR) is 130 cm³/mol. The van der Waals surface area contributed by atoms with Crippen LogP contribution in [0.4, 0.5) is 4.39 Å². The van der Waals surface area contributed by atoms with Crippen molar-refractivity contribution in [3.8, 4) is 11.5 Å². The second-order valence-corrected chi connectivity index (χ2v) is 8.20. The molecule has 6 nitrogen and oxygen atoms in total. The van der Waals surface area contributed by atoms with E-state index in [0.29, 0.717) is 19.0 Å². The quantitative estimate of drug-likeness (QED) is 0.503. The van der Waals surface area contributed by atoms with Crippen LogP contribution in [0.15, 0.2) is 77.9 Å². The zero-order chi connectivity index (χ0) is 23.9. The largest absolute Gasteiger partial charge is 0.497 e. The monoisotopic (exact) mass is 463 g/mol. The number of nitrogens with zero attached hydrogens (tertiary/aromatic N) is 2. The minimum Gasteiger partial charge on any atom is -0.497 e. The Kier molecular flexibility index (Phi) is 7.65.